The first-order chi connectivity index (χ1) is 6.68. The lowest BCUT2D eigenvalue weighted by molar-refractivity contribution is 0.101. The molecule has 0 bridgehead atoms. The molecule has 72 valence electrons. The van der Waals surface area contributed by atoms with Gasteiger partial charge in [0.15, 0.2) is 5.76 Å². The Morgan fingerprint density at radius 2 is 2.21 bits per heavy atom. The van der Waals surface area contributed by atoms with Crippen LogP contribution in [0.25, 0.3) is 0 Å². The number of halogens is 1. The first-order valence-electron chi connectivity index (χ1n) is 4.02. The number of ketones is 1. The summed E-state index contributed by atoms with van der Waals surface area (Å²) >= 11 is 4.72. The number of furan rings is 1. The van der Waals surface area contributed by atoms with Gasteiger partial charge in [0.05, 0.1) is 4.88 Å². The minimum absolute atomic E-state index is 0.0695. The minimum Gasteiger partial charge on any atom is -0.458 e. The number of carbonyl (C=O) groups is 1. The van der Waals surface area contributed by atoms with Gasteiger partial charge < -0.3 is 4.42 Å². The van der Waals surface area contributed by atoms with Crippen LogP contribution in [0.5, 0.6) is 0 Å². The van der Waals surface area contributed by atoms with E-state index in [9.17, 15) is 4.79 Å². The largest absolute Gasteiger partial charge is 0.458 e. The van der Waals surface area contributed by atoms with Gasteiger partial charge in [0.1, 0.15) is 5.76 Å². The molecule has 0 unspecified atom stereocenters. The predicted octanol–water partition coefficient (Wildman–Crippen LogP) is 3.64. The molecule has 2 aromatic rings. The van der Waals surface area contributed by atoms with Crippen LogP contribution in [-0.2, 0) is 0 Å². The van der Waals surface area contributed by atoms with E-state index in [1.54, 1.807) is 12.1 Å². The molecule has 0 atom stereocenters. The molecule has 4 heteroatoms. The predicted molar refractivity (Wildman–Crippen MR) is 58.9 cm³/mol. The summed E-state index contributed by atoms with van der Waals surface area (Å²) in [7, 11) is 0. The Bertz CT molecular complexity index is 470. The Hall–Kier alpha value is -0.870. The standard InChI is InChI=1S/C10H7BrO2S/c1-6-2-3-8(13-6)9(12)10-7(11)4-5-14-10/h2-5H,1H3. The Kier molecular flexibility index (Phi) is 2.56. The van der Waals surface area contributed by atoms with Crippen LogP contribution >= 0.6 is 27.3 Å². The van der Waals surface area contributed by atoms with E-state index >= 15 is 0 Å². The molecule has 14 heavy (non-hydrogen) atoms. The fraction of sp³-hybridized carbons (Fsp3) is 0.100. The van der Waals surface area contributed by atoms with Crippen molar-refractivity contribution in [2.75, 3.05) is 0 Å². The van der Waals surface area contributed by atoms with Crippen LogP contribution < -0.4 is 0 Å². The molecule has 0 N–H and O–H groups in total. The third-order valence-electron chi connectivity index (χ3n) is 1.79. The van der Waals surface area contributed by atoms with E-state index in [-0.39, 0.29) is 5.78 Å². The zero-order valence-corrected chi connectivity index (χ0v) is 9.81. The number of thiophene rings is 1. The van der Waals surface area contributed by atoms with Crippen LogP contribution in [0.15, 0.2) is 32.5 Å². The van der Waals surface area contributed by atoms with Gasteiger partial charge in [-0.25, -0.2) is 0 Å². The first kappa shape index (κ1) is 9.68. The summed E-state index contributed by atoms with van der Waals surface area (Å²) in [4.78, 5) is 12.5. The van der Waals surface area contributed by atoms with Gasteiger partial charge in [-0.15, -0.1) is 11.3 Å². The molecule has 2 aromatic heterocycles. The second kappa shape index (κ2) is 3.71. The third kappa shape index (κ3) is 1.67. The lowest BCUT2D eigenvalue weighted by atomic mass is 10.2. The first-order valence-corrected chi connectivity index (χ1v) is 5.70. The molecule has 0 aliphatic carbocycles. The van der Waals surface area contributed by atoms with Gasteiger partial charge in [-0.3, -0.25) is 4.79 Å². The normalized spacial score (nSPS) is 10.4. The number of hydrogen-bond donors (Lipinski definition) is 0. The van der Waals surface area contributed by atoms with Crippen molar-refractivity contribution in [1.29, 1.82) is 0 Å². The highest BCUT2D eigenvalue weighted by molar-refractivity contribution is 9.10. The van der Waals surface area contributed by atoms with Crippen molar-refractivity contribution in [3.8, 4) is 0 Å². The van der Waals surface area contributed by atoms with E-state index in [1.807, 2.05) is 18.4 Å². The molecule has 0 saturated carbocycles. The molecule has 0 aliphatic heterocycles. The maximum absolute atomic E-state index is 11.8. The molecule has 0 aromatic carbocycles. The maximum Gasteiger partial charge on any atom is 0.239 e. The summed E-state index contributed by atoms with van der Waals surface area (Å²) in [6.45, 7) is 1.82. The number of rotatable bonds is 2. The van der Waals surface area contributed by atoms with Crippen molar-refractivity contribution in [2.45, 2.75) is 6.92 Å². The molecule has 0 amide bonds. The molecule has 0 aliphatic rings. The van der Waals surface area contributed by atoms with E-state index in [4.69, 9.17) is 4.42 Å². The van der Waals surface area contributed by atoms with Crippen LogP contribution in [0.3, 0.4) is 0 Å². The molecular weight excluding hydrogens is 264 g/mol. The van der Waals surface area contributed by atoms with Crippen LogP contribution in [0.4, 0.5) is 0 Å². The summed E-state index contributed by atoms with van der Waals surface area (Å²) in [6.07, 6.45) is 0. The summed E-state index contributed by atoms with van der Waals surface area (Å²) < 4.78 is 6.08. The van der Waals surface area contributed by atoms with Gasteiger partial charge in [-0.1, -0.05) is 0 Å². The zero-order chi connectivity index (χ0) is 10.1. The lowest BCUT2D eigenvalue weighted by Gasteiger charge is -1.93. The summed E-state index contributed by atoms with van der Waals surface area (Å²) in [5.41, 5.74) is 0. The van der Waals surface area contributed by atoms with Gasteiger partial charge in [0.2, 0.25) is 5.78 Å². The van der Waals surface area contributed by atoms with E-state index in [1.165, 1.54) is 11.3 Å². The summed E-state index contributed by atoms with van der Waals surface area (Å²) in [6, 6.07) is 5.34. The molecular formula is C10H7BrO2S. The fourth-order valence-corrected chi connectivity index (χ4v) is 2.62. The SMILES string of the molecule is Cc1ccc(C(=O)c2sccc2Br)o1. The highest BCUT2D eigenvalue weighted by atomic mass is 79.9. The average molecular weight is 271 g/mol. The molecule has 2 nitrogen and oxygen atoms in total. The van der Waals surface area contributed by atoms with Crippen molar-refractivity contribution in [1.82, 2.24) is 0 Å². The van der Waals surface area contributed by atoms with Gasteiger partial charge in [-0.05, 0) is 46.4 Å². The Labute approximate surface area is 93.7 Å². The van der Waals surface area contributed by atoms with Crippen LogP contribution in [0.2, 0.25) is 0 Å². The molecule has 2 rings (SSSR count). The number of carbonyl (C=O) groups excluding carboxylic acids is 1. The molecule has 2 heterocycles. The van der Waals surface area contributed by atoms with Crippen LogP contribution in [0, 0.1) is 6.92 Å². The Morgan fingerprint density at radius 1 is 1.43 bits per heavy atom. The lowest BCUT2D eigenvalue weighted by Crippen LogP contribution is -1.96. The maximum atomic E-state index is 11.8. The van der Waals surface area contributed by atoms with Gasteiger partial charge >= 0.3 is 0 Å². The van der Waals surface area contributed by atoms with Gasteiger partial charge in [0.25, 0.3) is 0 Å². The van der Waals surface area contributed by atoms with E-state index in [2.05, 4.69) is 15.9 Å². The molecule has 0 fully saturated rings. The topological polar surface area (TPSA) is 30.2 Å². The summed E-state index contributed by atoms with van der Waals surface area (Å²) in [5, 5.41) is 1.87. The highest BCUT2D eigenvalue weighted by Gasteiger charge is 2.16. The number of hydrogen-bond acceptors (Lipinski definition) is 3. The second-order valence-electron chi connectivity index (χ2n) is 2.84. The number of aryl methyl sites for hydroxylation is 1. The van der Waals surface area contributed by atoms with Crippen molar-refractivity contribution in [2.24, 2.45) is 0 Å². The minimum atomic E-state index is -0.0695. The van der Waals surface area contributed by atoms with Gasteiger partial charge in [-0.2, -0.15) is 0 Å². The second-order valence-corrected chi connectivity index (χ2v) is 4.61. The monoisotopic (exact) mass is 270 g/mol. The quantitative estimate of drug-likeness (QED) is 0.780. The van der Waals surface area contributed by atoms with Crippen molar-refractivity contribution in [3.05, 3.63) is 44.4 Å². The van der Waals surface area contributed by atoms with E-state index in [0.29, 0.717) is 10.6 Å². The van der Waals surface area contributed by atoms with Crippen LogP contribution in [-0.4, -0.2) is 5.78 Å². The molecule has 0 saturated heterocycles. The smallest absolute Gasteiger partial charge is 0.239 e. The zero-order valence-electron chi connectivity index (χ0n) is 7.41. The van der Waals surface area contributed by atoms with Crippen molar-refractivity contribution in [3.63, 3.8) is 0 Å². The Morgan fingerprint density at radius 3 is 2.71 bits per heavy atom. The molecule has 0 spiro atoms. The highest BCUT2D eigenvalue weighted by Crippen LogP contribution is 2.25. The van der Waals surface area contributed by atoms with Crippen molar-refractivity contribution >= 4 is 33.0 Å². The fourth-order valence-electron chi connectivity index (χ4n) is 1.12. The third-order valence-corrected chi connectivity index (χ3v) is 3.62. The van der Waals surface area contributed by atoms with Crippen molar-refractivity contribution < 1.29 is 9.21 Å². The summed E-state index contributed by atoms with van der Waals surface area (Å²) in [5.74, 6) is 1.08. The van der Waals surface area contributed by atoms with Gasteiger partial charge in [0, 0.05) is 4.47 Å². The van der Waals surface area contributed by atoms with Crippen LogP contribution in [0.1, 0.15) is 21.2 Å². The van der Waals surface area contributed by atoms with E-state index < -0.39 is 0 Å². The Balaban J connectivity index is 2.38. The average Bonchev–Trinajstić information content (AvgIpc) is 2.73. The van der Waals surface area contributed by atoms with E-state index in [0.717, 1.165) is 10.2 Å². The molecule has 0 radical (unpaired) electrons.